The van der Waals surface area contributed by atoms with E-state index >= 15 is 0 Å². The summed E-state index contributed by atoms with van der Waals surface area (Å²) in [5, 5.41) is 0. The molecular formula is C15H28Y-2. The SMILES string of the molecule is [CH2-]C1CC1(CC[CH-]C(C)(C)C)C(C)(C)C.[Y]. The predicted octanol–water partition coefficient (Wildman–Crippen LogP) is 4.90. The molecule has 2 unspecified atom stereocenters. The van der Waals surface area contributed by atoms with Crippen LogP contribution in [0.5, 0.6) is 0 Å². The van der Waals surface area contributed by atoms with Crippen LogP contribution in [0.2, 0.25) is 0 Å². The minimum Gasteiger partial charge on any atom is -0.340 e. The Balaban J connectivity index is 0.00000225. The molecular weight excluding hydrogens is 269 g/mol. The van der Waals surface area contributed by atoms with E-state index in [9.17, 15) is 0 Å². The zero-order chi connectivity index (χ0) is 11.9. The Hall–Kier alpha value is 1.10. The van der Waals surface area contributed by atoms with Crippen LogP contribution >= 0.6 is 0 Å². The van der Waals surface area contributed by atoms with Gasteiger partial charge >= 0.3 is 0 Å². The average molecular weight is 297 g/mol. The van der Waals surface area contributed by atoms with Crippen molar-refractivity contribution in [2.24, 2.45) is 22.2 Å². The van der Waals surface area contributed by atoms with E-state index in [1.165, 1.54) is 19.3 Å². The summed E-state index contributed by atoms with van der Waals surface area (Å²) in [6.07, 6.45) is 6.36. The summed E-state index contributed by atoms with van der Waals surface area (Å²) in [6.45, 7) is 18.2. The van der Waals surface area contributed by atoms with Crippen molar-refractivity contribution in [2.75, 3.05) is 0 Å². The van der Waals surface area contributed by atoms with Gasteiger partial charge in [-0.05, 0) is 5.41 Å². The van der Waals surface area contributed by atoms with Crippen molar-refractivity contribution in [3.8, 4) is 0 Å². The molecule has 1 aliphatic rings. The summed E-state index contributed by atoms with van der Waals surface area (Å²) in [5.41, 5.74) is 1.31. The molecule has 16 heavy (non-hydrogen) atoms. The van der Waals surface area contributed by atoms with Crippen molar-refractivity contribution < 1.29 is 32.7 Å². The third-order valence-electron chi connectivity index (χ3n) is 4.07. The molecule has 1 saturated carbocycles. The summed E-state index contributed by atoms with van der Waals surface area (Å²) in [5.74, 6) is 0.686. The van der Waals surface area contributed by atoms with Crippen LogP contribution in [0.15, 0.2) is 0 Å². The van der Waals surface area contributed by atoms with Gasteiger partial charge in [0.15, 0.2) is 0 Å². The van der Waals surface area contributed by atoms with Crippen molar-refractivity contribution >= 4 is 0 Å². The monoisotopic (exact) mass is 297 g/mol. The van der Waals surface area contributed by atoms with E-state index in [1.54, 1.807) is 0 Å². The molecule has 2 atom stereocenters. The van der Waals surface area contributed by atoms with Gasteiger partial charge < -0.3 is 13.3 Å². The maximum absolute atomic E-state index is 4.27. The quantitative estimate of drug-likeness (QED) is 0.650. The Morgan fingerprint density at radius 2 is 1.62 bits per heavy atom. The first-order valence-corrected chi connectivity index (χ1v) is 6.26. The van der Waals surface area contributed by atoms with Crippen LogP contribution in [0.1, 0.15) is 60.8 Å². The molecule has 0 heterocycles. The van der Waals surface area contributed by atoms with Gasteiger partial charge in [-0.3, -0.25) is 0 Å². The molecule has 0 aromatic rings. The summed E-state index contributed by atoms with van der Waals surface area (Å²) in [4.78, 5) is 0. The van der Waals surface area contributed by atoms with Gasteiger partial charge in [0.1, 0.15) is 0 Å². The molecule has 1 radical (unpaired) electrons. The van der Waals surface area contributed by atoms with E-state index in [4.69, 9.17) is 0 Å². The first-order chi connectivity index (χ1) is 6.58. The molecule has 0 spiro atoms. The van der Waals surface area contributed by atoms with Gasteiger partial charge in [-0.2, -0.15) is 17.8 Å². The molecule has 0 nitrogen and oxygen atoms in total. The minimum absolute atomic E-state index is 0. The van der Waals surface area contributed by atoms with Crippen LogP contribution < -0.4 is 0 Å². The summed E-state index contributed by atoms with van der Waals surface area (Å²) in [7, 11) is 0. The molecule has 0 aliphatic heterocycles. The molecule has 0 N–H and O–H groups in total. The maximum Gasteiger partial charge on any atom is 0 e. The smallest absolute Gasteiger partial charge is 0 e. The topological polar surface area (TPSA) is 0 Å². The van der Waals surface area contributed by atoms with Gasteiger partial charge in [0, 0.05) is 32.7 Å². The van der Waals surface area contributed by atoms with E-state index in [1.807, 2.05) is 0 Å². The fraction of sp³-hybridized carbons (Fsp3) is 0.867. The number of hydrogen-bond acceptors (Lipinski definition) is 0. The molecule has 1 fully saturated rings. The van der Waals surface area contributed by atoms with E-state index in [0.29, 0.717) is 22.2 Å². The molecule has 0 aromatic carbocycles. The Labute approximate surface area is 128 Å². The Bertz CT molecular complexity index is 219. The molecule has 1 rings (SSSR count). The Morgan fingerprint density at radius 3 is 1.88 bits per heavy atom. The average Bonchev–Trinajstić information content (AvgIpc) is 2.58. The standard InChI is InChI=1S/C15H28.Y/c1-12-11-15(12,14(5,6)7)10-8-9-13(2,3)4;/h9,12H,1,8,10-11H2,2-7H3;/q-2;. The molecule has 0 aromatic heterocycles. The Kier molecular flexibility index (Phi) is 5.76. The first kappa shape index (κ1) is 17.1. The summed E-state index contributed by atoms with van der Waals surface area (Å²) >= 11 is 0. The molecule has 0 saturated heterocycles. The van der Waals surface area contributed by atoms with Gasteiger partial charge in [-0.15, -0.1) is 0 Å². The fourth-order valence-electron chi connectivity index (χ4n) is 2.74. The van der Waals surface area contributed by atoms with Crippen molar-refractivity contribution in [1.82, 2.24) is 0 Å². The number of hydrogen-bond donors (Lipinski definition) is 0. The van der Waals surface area contributed by atoms with Gasteiger partial charge in [-0.1, -0.05) is 59.8 Å². The number of rotatable bonds is 3. The second-order valence-electron chi connectivity index (χ2n) is 7.42. The van der Waals surface area contributed by atoms with Gasteiger partial charge in [-0.25, -0.2) is 0 Å². The Morgan fingerprint density at radius 1 is 1.19 bits per heavy atom. The third-order valence-corrected chi connectivity index (χ3v) is 4.07. The second-order valence-corrected chi connectivity index (χ2v) is 7.42. The first-order valence-electron chi connectivity index (χ1n) is 6.26. The predicted molar refractivity (Wildman–Crippen MR) is 68.3 cm³/mol. The summed E-state index contributed by atoms with van der Waals surface area (Å²) in [6, 6.07) is 0. The molecule has 0 amide bonds. The van der Waals surface area contributed by atoms with Crippen LogP contribution in [-0.4, -0.2) is 0 Å². The van der Waals surface area contributed by atoms with Gasteiger partial charge in [0.2, 0.25) is 0 Å². The zero-order valence-electron chi connectivity index (χ0n) is 12.1. The molecule has 1 heteroatoms. The molecule has 93 valence electrons. The van der Waals surface area contributed by atoms with E-state index in [0.717, 1.165) is 0 Å². The minimum atomic E-state index is 0. The molecule has 0 bridgehead atoms. The van der Waals surface area contributed by atoms with E-state index in [2.05, 4.69) is 54.9 Å². The molecule has 1 aliphatic carbocycles. The van der Waals surface area contributed by atoms with Gasteiger partial charge in [0.25, 0.3) is 0 Å². The van der Waals surface area contributed by atoms with Crippen LogP contribution in [0.4, 0.5) is 0 Å². The van der Waals surface area contributed by atoms with Crippen molar-refractivity contribution in [3.63, 3.8) is 0 Å². The van der Waals surface area contributed by atoms with Crippen LogP contribution in [0.3, 0.4) is 0 Å². The van der Waals surface area contributed by atoms with Gasteiger partial charge in [0.05, 0.1) is 0 Å². The van der Waals surface area contributed by atoms with Crippen LogP contribution in [0.25, 0.3) is 0 Å². The van der Waals surface area contributed by atoms with E-state index < -0.39 is 0 Å². The van der Waals surface area contributed by atoms with Crippen molar-refractivity contribution in [1.29, 1.82) is 0 Å². The second kappa shape index (κ2) is 5.39. The van der Waals surface area contributed by atoms with Crippen molar-refractivity contribution in [2.45, 2.75) is 60.8 Å². The summed E-state index contributed by atoms with van der Waals surface area (Å²) < 4.78 is 0. The third kappa shape index (κ3) is 4.09. The van der Waals surface area contributed by atoms with Crippen LogP contribution in [-0.2, 0) is 32.7 Å². The maximum atomic E-state index is 4.27. The zero-order valence-corrected chi connectivity index (χ0v) is 14.9. The van der Waals surface area contributed by atoms with E-state index in [-0.39, 0.29) is 32.7 Å². The largest absolute Gasteiger partial charge is 0.340 e. The van der Waals surface area contributed by atoms with Crippen molar-refractivity contribution in [3.05, 3.63) is 13.3 Å². The fourth-order valence-corrected chi connectivity index (χ4v) is 2.74. The van der Waals surface area contributed by atoms with Crippen LogP contribution in [0, 0.1) is 35.5 Å². The normalized spacial score (nSPS) is 29.8.